The standard InChI is InChI=1S/C17H28N2O3S2/c1-22-16-6-8-17(9-7-16)24(20,21)18-13-15-5-3-10-19(14-15)11-4-12-23-2/h6-9,15,18H,3-5,10-14H2,1-2H3/t15-/m0/s1. The van der Waals surface area contributed by atoms with Gasteiger partial charge in [-0.2, -0.15) is 11.8 Å². The summed E-state index contributed by atoms with van der Waals surface area (Å²) in [7, 11) is -1.89. The fraction of sp³-hybridized carbons (Fsp3) is 0.647. The van der Waals surface area contributed by atoms with Crippen molar-refractivity contribution >= 4 is 21.8 Å². The fourth-order valence-electron chi connectivity index (χ4n) is 3.02. The van der Waals surface area contributed by atoms with E-state index in [1.165, 1.54) is 12.2 Å². The van der Waals surface area contributed by atoms with Crippen molar-refractivity contribution in [2.45, 2.75) is 24.2 Å². The summed E-state index contributed by atoms with van der Waals surface area (Å²) in [6, 6.07) is 6.50. The number of piperidine rings is 1. The Balaban J connectivity index is 1.84. The maximum atomic E-state index is 12.4. The largest absolute Gasteiger partial charge is 0.497 e. The summed E-state index contributed by atoms with van der Waals surface area (Å²) in [5, 5.41) is 0. The molecule has 1 aliphatic rings. The van der Waals surface area contributed by atoms with Crippen LogP contribution in [0.4, 0.5) is 0 Å². The van der Waals surface area contributed by atoms with E-state index in [-0.39, 0.29) is 4.90 Å². The third-order valence-electron chi connectivity index (χ3n) is 4.36. The third kappa shape index (κ3) is 5.95. The third-order valence-corrected chi connectivity index (χ3v) is 6.49. The molecule has 7 heteroatoms. The van der Waals surface area contributed by atoms with Gasteiger partial charge in [0, 0.05) is 13.1 Å². The summed E-state index contributed by atoms with van der Waals surface area (Å²) < 4.78 is 32.6. The van der Waals surface area contributed by atoms with Crippen LogP contribution in [0.25, 0.3) is 0 Å². The maximum absolute atomic E-state index is 12.4. The Bertz CT molecular complexity index is 590. The fourth-order valence-corrected chi connectivity index (χ4v) is 4.55. The molecule has 1 aromatic rings. The van der Waals surface area contributed by atoms with Crippen molar-refractivity contribution in [1.82, 2.24) is 9.62 Å². The molecule has 1 saturated heterocycles. The molecule has 0 spiro atoms. The molecule has 136 valence electrons. The van der Waals surface area contributed by atoms with Crippen LogP contribution in [-0.4, -0.2) is 58.6 Å². The molecule has 0 aromatic heterocycles. The van der Waals surface area contributed by atoms with Crippen molar-refractivity contribution in [3.05, 3.63) is 24.3 Å². The number of nitrogens with one attached hydrogen (secondary N) is 1. The SMILES string of the molecule is COc1ccc(S(=O)(=O)NC[C@@H]2CCCN(CCCSC)C2)cc1. The van der Waals surface area contributed by atoms with Crippen molar-refractivity contribution in [2.24, 2.45) is 5.92 Å². The highest BCUT2D eigenvalue weighted by atomic mass is 32.2. The second kappa shape index (κ2) is 9.65. The molecule has 0 unspecified atom stereocenters. The number of sulfonamides is 1. The number of methoxy groups -OCH3 is 1. The molecule has 1 fully saturated rings. The number of benzene rings is 1. The number of likely N-dealkylation sites (tertiary alicyclic amines) is 1. The van der Waals surface area contributed by atoms with Crippen molar-refractivity contribution in [3.8, 4) is 5.75 Å². The highest BCUT2D eigenvalue weighted by Crippen LogP contribution is 2.19. The Morgan fingerprint density at radius 3 is 2.75 bits per heavy atom. The number of nitrogens with zero attached hydrogens (tertiary/aromatic N) is 1. The van der Waals surface area contributed by atoms with E-state index in [2.05, 4.69) is 15.9 Å². The molecule has 0 radical (unpaired) electrons. The molecule has 0 bridgehead atoms. The number of ether oxygens (including phenoxy) is 1. The van der Waals surface area contributed by atoms with Crippen LogP contribution in [0.3, 0.4) is 0 Å². The molecule has 1 N–H and O–H groups in total. The van der Waals surface area contributed by atoms with Gasteiger partial charge >= 0.3 is 0 Å². The number of hydrogen-bond acceptors (Lipinski definition) is 5. The van der Waals surface area contributed by atoms with Crippen LogP contribution in [0.5, 0.6) is 5.75 Å². The van der Waals surface area contributed by atoms with Crippen LogP contribution in [-0.2, 0) is 10.0 Å². The summed E-state index contributed by atoms with van der Waals surface area (Å²) in [4.78, 5) is 2.75. The van der Waals surface area contributed by atoms with Gasteiger partial charge in [0.05, 0.1) is 12.0 Å². The van der Waals surface area contributed by atoms with Crippen molar-refractivity contribution in [3.63, 3.8) is 0 Å². The van der Waals surface area contributed by atoms with Gasteiger partial charge in [-0.1, -0.05) is 0 Å². The minimum atomic E-state index is -3.45. The Morgan fingerprint density at radius 1 is 1.33 bits per heavy atom. The summed E-state index contributed by atoms with van der Waals surface area (Å²) in [5.41, 5.74) is 0. The molecule has 0 saturated carbocycles. The van der Waals surface area contributed by atoms with Crippen molar-refractivity contribution < 1.29 is 13.2 Å². The molecule has 2 rings (SSSR count). The summed E-state index contributed by atoms with van der Waals surface area (Å²) in [5.74, 6) is 2.23. The monoisotopic (exact) mass is 372 g/mol. The van der Waals surface area contributed by atoms with Crippen LogP contribution >= 0.6 is 11.8 Å². The van der Waals surface area contributed by atoms with Crippen LogP contribution in [0.1, 0.15) is 19.3 Å². The first kappa shape index (κ1) is 19.6. The molecule has 0 aliphatic carbocycles. The predicted molar refractivity (Wildman–Crippen MR) is 100 cm³/mol. The lowest BCUT2D eigenvalue weighted by Crippen LogP contribution is -2.41. The molecule has 1 heterocycles. The lowest BCUT2D eigenvalue weighted by Gasteiger charge is -2.32. The zero-order chi connectivity index (χ0) is 17.4. The van der Waals surface area contributed by atoms with Crippen LogP contribution in [0.15, 0.2) is 29.2 Å². The van der Waals surface area contributed by atoms with E-state index in [0.29, 0.717) is 18.2 Å². The van der Waals surface area contributed by atoms with Gasteiger partial charge in [0.1, 0.15) is 5.75 Å². The van der Waals surface area contributed by atoms with E-state index in [1.807, 2.05) is 11.8 Å². The zero-order valence-electron chi connectivity index (χ0n) is 14.5. The average Bonchev–Trinajstić information content (AvgIpc) is 2.61. The quantitative estimate of drug-likeness (QED) is 0.675. The minimum Gasteiger partial charge on any atom is -0.497 e. The van der Waals surface area contributed by atoms with E-state index >= 15 is 0 Å². The number of hydrogen-bond donors (Lipinski definition) is 1. The molecule has 0 amide bonds. The highest BCUT2D eigenvalue weighted by molar-refractivity contribution is 7.98. The van der Waals surface area contributed by atoms with Crippen molar-refractivity contribution in [1.29, 1.82) is 0 Å². The van der Waals surface area contributed by atoms with Gasteiger partial charge in [0.2, 0.25) is 10.0 Å². The molecular formula is C17H28N2O3S2. The minimum absolute atomic E-state index is 0.288. The Morgan fingerprint density at radius 2 is 2.08 bits per heavy atom. The number of thioether (sulfide) groups is 1. The Kier molecular flexibility index (Phi) is 7.87. The first-order valence-corrected chi connectivity index (χ1v) is 11.3. The highest BCUT2D eigenvalue weighted by Gasteiger charge is 2.22. The van der Waals surface area contributed by atoms with Gasteiger partial charge in [-0.25, -0.2) is 13.1 Å². The van der Waals surface area contributed by atoms with E-state index in [1.54, 1.807) is 31.4 Å². The zero-order valence-corrected chi connectivity index (χ0v) is 16.2. The molecule has 1 aromatic carbocycles. The smallest absolute Gasteiger partial charge is 0.240 e. The summed E-state index contributed by atoms with van der Waals surface area (Å²) in [6.45, 7) is 3.74. The normalized spacial score (nSPS) is 19.3. The summed E-state index contributed by atoms with van der Waals surface area (Å²) in [6.07, 6.45) is 5.57. The molecule has 24 heavy (non-hydrogen) atoms. The lowest BCUT2D eigenvalue weighted by molar-refractivity contribution is 0.177. The topological polar surface area (TPSA) is 58.6 Å². The summed E-state index contributed by atoms with van der Waals surface area (Å²) >= 11 is 1.88. The Hall–Kier alpha value is -0.760. The van der Waals surface area contributed by atoms with E-state index < -0.39 is 10.0 Å². The lowest BCUT2D eigenvalue weighted by atomic mass is 9.98. The first-order valence-electron chi connectivity index (χ1n) is 8.40. The van der Waals surface area contributed by atoms with E-state index in [9.17, 15) is 8.42 Å². The van der Waals surface area contributed by atoms with Gasteiger partial charge in [0.15, 0.2) is 0 Å². The van der Waals surface area contributed by atoms with E-state index in [0.717, 1.165) is 32.5 Å². The first-order chi connectivity index (χ1) is 11.5. The van der Waals surface area contributed by atoms with Gasteiger partial charge in [0.25, 0.3) is 0 Å². The van der Waals surface area contributed by atoms with Crippen LogP contribution < -0.4 is 9.46 Å². The van der Waals surface area contributed by atoms with E-state index in [4.69, 9.17) is 4.74 Å². The molecular weight excluding hydrogens is 344 g/mol. The van der Waals surface area contributed by atoms with Crippen LogP contribution in [0.2, 0.25) is 0 Å². The maximum Gasteiger partial charge on any atom is 0.240 e. The Labute approximate surface area is 150 Å². The second-order valence-corrected chi connectivity index (χ2v) is 8.94. The van der Waals surface area contributed by atoms with Crippen LogP contribution in [0, 0.1) is 5.92 Å². The predicted octanol–water partition coefficient (Wildman–Crippen LogP) is 2.44. The number of rotatable bonds is 9. The van der Waals surface area contributed by atoms with Gasteiger partial charge in [-0.15, -0.1) is 0 Å². The molecule has 5 nitrogen and oxygen atoms in total. The second-order valence-electron chi connectivity index (χ2n) is 6.18. The van der Waals surface area contributed by atoms with Gasteiger partial charge in [-0.05, 0) is 74.5 Å². The van der Waals surface area contributed by atoms with Gasteiger partial charge < -0.3 is 9.64 Å². The molecule has 1 aliphatic heterocycles. The van der Waals surface area contributed by atoms with Crippen molar-refractivity contribution in [2.75, 3.05) is 45.3 Å². The molecule has 1 atom stereocenters. The van der Waals surface area contributed by atoms with Gasteiger partial charge in [-0.3, -0.25) is 0 Å². The average molecular weight is 373 g/mol.